The summed E-state index contributed by atoms with van der Waals surface area (Å²) in [6.07, 6.45) is 4.89. The molecule has 3 nitrogen and oxygen atoms in total. The van der Waals surface area contributed by atoms with Crippen molar-refractivity contribution in [3.8, 4) is 0 Å². The zero-order valence-corrected chi connectivity index (χ0v) is 7.97. The molecule has 1 unspecified atom stereocenters. The van der Waals surface area contributed by atoms with Crippen LogP contribution in [-0.2, 0) is 6.42 Å². The van der Waals surface area contributed by atoms with Gasteiger partial charge < -0.3 is 8.83 Å². The molecular formula is C9H11ClO3. The van der Waals surface area contributed by atoms with Gasteiger partial charge in [0.2, 0.25) is 0 Å². The van der Waals surface area contributed by atoms with Crippen molar-refractivity contribution < 1.29 is 8.83 Å². The Morgan fingerprint density at radius 1 is 1.23 bits per heavy atom. The molecular weight excluding hydrogens is 192 g/mol. The average molecular weight is 203 g/mol. The molecule has 1 aromatic rings. The summed E-state index contributed by atoms with van der Waals surface area (Å²) in [5, 5.41) is -0.193. The van der Waals surface area contributed by atoms with Gasteiger partial charge in [0, 0.05) is 6.42 Å². The number of rotatable bonds is 0. The summed E-state index contributed by atoms with van der Waals surface area (Å²) >= 11 is 6.04. The summed E-state index contributed by atoms with van der Waals surface area (Å²) in [6, 6.07) is 0. The fourth-order valence-corrected chi connectivity index (χ4v) is 1.97. The van der Waals surface area contributed by atoms with Gasteiger partial charge in [0.25, 0.3) is 0 Å². The van der Waals surface area contributed by atoms with Crippen LogP contribution in [0.15, 0.2) is 13.6 Å². The molecule has 1 heterocycles. The predicted molar refractivity (Wildman–Crippen MR) is 48.0 cm³/mol. The molecule has 0 saturated heterocycles. The number of hydrogen-bond donors (Lipinski definition) is 0. The Labute approximate surface area is 80.7 Å². The number of hydrogen-bond acceptors (Lipinski definition) is 3. The van der Waals surface area contributed by atoms with Gasteiger partial charge in [-0.2, -0.15) is 0 Å². The molecule has 0 aromatic carbocycles. The summed E-state index contributed by atoms with van der Waals surface area (Å²) in [5.41, 5.74) is 0. The van der Waals surface area contributed by atoms with Crippen molar-refractivity contribution >= 4 is 11.6 Å². The van der Waals surface area contributed by atoms with Crippen LogP contribution in [0.4, 0.5) is 0 Å². The molecule has 1 aliphatic carbocycles. The third-order valence-electron chi connectivity index (χ3n) is 2.32. The Balaban J connectivity index is 2.36. The summed E-state index contributed by atoms with van der Waals surface area (Å²) in [5.74, 6) is 0.564. The van der Waals surface area contributed by atoms with Crippen molar-refractivity contribution in [3.05, 3.63) is 22.1 Å². The van der Waals surface area contributed by atoms with E-state index in [0.29, 0.717) is 11.5 Å². The van der Waals surface area contributed by atoms with Crippen LogP contribution >= 0.6 is 11.6 Å². The Morgan fingerprint density at radius 3 is 2.92 bits per heavy atom. The van der Waals surface area contributed by atoms with Crippen LogP contribution in [0.2, 0.25) is 0 Å². The number of aryl methyl sites for hydroxylation is 1. The van der Waals surface area contributed by atoms with Gasteiger partial charge in [0.1, 0.15) is 0 Å². The van der Waals surface area contributed by atoms with Crippen LogP contribution in [0.25, 0.3) is 0 Å². The van der Waals surface area contributed by atoms with Crippen LogP contribution in [0.5, 0.6) is 0 Å². The monoisotopic (exact) mass is 202 g/mol. The van der Waals surface area contributed by atoms with Gasteiger partial charge >= 0.3 is 5.82 Å². The second-order valence-electron chi connectivity index (χ2n) is 3.31. The number of halogens is 1. The molecule has 72 valence electrons. The SMILES string of the molecule is O=c1oc2c(o1)C(Cl)CCCCC2. The minimum absolute atomic E-state index is 0.193. The van der Waals surface area contributed by atoms with Crippen LogP contribution in [-0.4, -0.2) is 0 Å². The third-order valence-corrected chi connectivity index (χ3v) is 2.74. The van der Waals surface area contributed by atoms with Crippen molar-refractivity contribution in [2.75, 3.05) is 0 Å². The van der Waals surface area contributed by atoms with Gasteiger partial charge in [-0.25, -0.2) is 4.79 Å². The third kappa shape index (κ3) is 1.80. The minimum Gasteiger partial charge on any atom is -0.396 e. The Kier molecular flexibility index (Phi) is 2.44. The van der Waals surface area contributed by atoms with Gasteiger partial charge in [-0.1, -0.05) is 12.8 Å². The maximum Gasteiger partial charge on any atom is 0.519 e. The van der Waals surface area contributed by atoms with E-state index in [0.717, 1.165) is 32.1 Å². The van der Waals surface area contributed by atoms with E-state index in [4.69, 9.17) is 20.4 Å². The van der Waals surface area contributed by atoms with Crippen LogP contribution in [0.3, 0.4) is 0 Å². The fourth-order valence-electron chi connectivity index (χ4n) is 1.65. The molecule has 1 aliphatic rings. The second kappa shape index (κ2) is 3.58. The Morgan fingerprint density at radius 2 is 2.08 bits per heavy atom. The van der Waals surface area contributed by atoms with Crippen molar-refractivity contribution in [2.45, 2.75) is 37.5 Å². The first kappa shape index (κ1) is 8.88. The number of alkyl halides is 1. The normalized spacial score (nSPS) is 23.3. The lowest BCUT2D eigenvalue weighted by Crippen LogP contribution is -1.98. The van der Waals surface area contributed by atoms with Crippen molar-refractivity contribution in [1.82, 2.24) is 0 Å². The molecule has 0 radical (unpaired) electrons. The standard InChI is InChI=1S/C9H11ClO3/c10-6-4-2-1-3-5-7-8(6)13-9(11)12-7/h6H,1-5H2. The van der Waals surface area contributed by atoms with Crippen LogP contribution in [0.1, 0.15) is 42.6 Å². The lowest BCUT2D eigenvalue weighted by molar-refractivity contribution is 0.365. The minimum atomic E-state index is -0.627. The molecule has 0 spiro atoms. The molecule has 0 N–H and O–H groups in total. The zero-order valence-electron chi connectivity index (χ0n) is 7.22. The second-order valence-corrected chi connectivity index (χ2v) is 3.84. The fraction of sp³-hybridized carbons (Fsp3) is 0.667. The number of fused-ring (bicyclic) bond motifs is 1. The Bertz CT molecular complexity index is 339. The molecule has 0 saturated carbocycles. The first-order chi connectivity index (χ1) is 6.27. The molecule has 2 rings (SSSR count). The molecule has 4 heteroatoms. The molecule has 1 atom stereocenters. The molecule has 0 bridgehead atoms. The zero-order chi connectivity index (χ0) is 9.26. The van der Waals surface area contributed by atoms with Crippen LogP contribution in [0, 0.1) is 0 Å². The maximum atomic E-state index is 10.8. The van der Waals surface area contributed by atoms with E-state index < -0.39 is 5.82 Å². The Hall–Kier alpha value is -0.700. The van der Waals surface area contributed by atoms with E-state index in [1.54, 1.807) is 0 Å². The first-order valence-corrected chi connectivity index (χ1v) is 4.98. The molecule has 0 amide bonds. The summed E-state index contributed by atoms with van der Waals surface area (Å²) in [6.45, 7) is 0. The summed E-state index contributed by atoms with van der Waals surface area (Å²) in [4.78, 5) is 10.8. The van der Waals surface area contributed by atoms with E-state index in [2.05, 4.69) is 0 Å². The summed E-state index contributed by atoms with van der Waals surface area (Å²) < 4.78 is 9.80. The molecule has 0 fully saturated rings. The predicted octanol–water partition coefficient (Wildman–Crippen LogP) is 2.63. The first-order valence-electron chi connectivity index (χ1n) is 4.54. The smallest absolute Gasteiger partial charge is 0.396 e. The van der Waals surface area contributed by atoms with E-state index in [1.807, 2.05) is 0 Å². The topological polar surface area (TPSA) is 43.4 Å². The van der Waals surface area contributed by atoms with Crippen molar-refractivity contribution in [1.29, 1.82) is 0 Å². The molecule has 1 aromatic heterocycles. The lowest BCUT2D eigenvalue weighted by Gasteiger charge is -2.10. The van der Waals surface area contributed by atoms with E-state index in [-0.39, 0.29) is 5.38 Å². The maximum absolute atomic E-state index is 10.8. The highest BCUT2D eigenvalue weighted by Gasteiger charge is 2.22. The highest BCUT2D eigenvalue weighted by atomic mass is 35.5. The van der Waals surface area contributed by atoms with Crippen molar-refractivity contribution in [2.24, 2.45) is 0 Å². The largest absolute Gasteiger partial charge is 0.519 e. The lowest BCUT2D eigenvalue weighted by atomic mass is 10.0. The highest BCUT2D eigenvalue weighted by Crippen LogP contribution is 2.31. The average Bonchev–Trinajstić information content (AvgIpc) is 2.43. The summed E-state index contributed by atoms with van der Waals surface area (Å²) in [7, 11) is 0. The van der Waals surface area contributed by atoms with E-state index in [1.165, 1.54) is 0 Å². The van der Waals surface area contributed by atoms with Gasteiger partial charge in [0.05, 0.1) is 5.38 Å². The van der Waals surface area contributed by atoms with Gasteiger partial charge in [-0.05, 0) is 12.8 Å². The highest BCUT2D eigenvalue weighted by molar-refractivity contribution is 6.20. The van der Waals surface area contributed by atoms with Gasteiger partial charge in [-0.3, -0.25) is 0 Å². The van der Waals surface area contributed by atoms with E-state index in [9.17, 15) is 4.79 Å². The van der Waals surface area contributed by atoms with Gasteiger partial charge in [-0.15, -0.1) is 11.6 Å². The van der Waals surface area contributed by atoms with Crippen LogP contribution < -0.4 is 5.82 Å². The quantitative estimate of drug-likeness (QED) is 0.608. The van der Waals surface area contributed by atoms with Crippen molar-refractivity contribution in [3.63, 3.8) is 0 Å². The van der Waals surface area contributed by atoms with Gasteiger partial charge in [0.15, 0.2) is 11.5 Å². The molecule has 0 aliphatic heterocycles. The van der Waals surface area contributed by atoms with E-state index >= 15 is 0 Å². The molecule has 13 heavy (non-hydrogen) atoms.